The quantitative estimate of drug-likeness (QED) is 0.842. The molecule has 1 aromatic rings. The number of ether oxygens (including phenoxy) is 1. The minimum absolute atomic E-state index is 0.106. The van der Waals surface area contributed by atoms with Gasteiger partial charge in [0, 0.05) is 5.03 Å². The molecule has 0 aliphatic rings. The summed E-state index contributed by atoms with van der Waals surface area (Å²) in [4.78, 5) is 0. The Kier molecular flexibility index (Phi) is 4.59. The third-order valence-electron chi connectivity index (χ3n) is 1.81. The van der Waals surface area contributed by atoms with Crippen molar-refractivity contribution in [1.29, 1.82) is 0 Å². The van der Waals surface area contributed by atoms with Crippen LogP contribution in [0.3, 0.4) is 0 Å². The van der Waals surface area contributed by atoms with E-state index in [-0.39, 0.29) is 12.4 Å². The van der Waals surface area contributed by atoms with E-state index in [1.54, 1.807) is 12.1 Å². The summed E-state index contributed by atoms with van der Waals surface area (Å²) in [5.74, 6) is -0.226. The lowest BCUT2D eigenvalue weighted by Crippen LogP contribution is -2.04. The maximum Gasteiger partial charge on any atom is 0.165 e. The average Bonchev–Trinajstić information content (AvgIpc) is 2.17. The SMILES string of the molecule is C=C(Cl)COc1ccc(CCN)cc1F. The fourth-order valence-corrected chi connectivity index (χ4v) is 1.19. The number of rotatable bonds is 5. The lowest BCUT2D eigenvalue weighted by Gasteiger charge is -2.07. The molecule has 0 atom stereocenters. The van der Waals surface area contributed by atoms with E-state index in [4.69, 9.17) is 22.1 Å². The molecule has 0 aliphatic heterocycles. The highest BCUT2D eigenvalue weighted by Gasteiger charge is 2.04. The molecule has 0 aliphatic carbocycles. The largest absolute Gasteiger partial charge is 0.485 e. The van der Waals surface area contributed by atoms with Gasteiger partial charge >= 0.3 is 0 Å². The Morgan fingerprint density at radius 1 is 1.53 bits per heavy atom. The molecule has 0 bridgehead atoms. The number of nitrogens with two attached hydrogens (primary N) is 1. The van der Waals surface area contributed by atoms with E-state index in [0.717, 1.165) is 5.56 Å². The molecule has 15 heavy (non-hydrogen) atoms. The molecular weight excluding hydrogens is 217 g/mol. The van der Waals surface area contributed by atoms with Crippen molar-refractivity contribution in [2.45, 2.75) is 6.42 Å². The van der Waals surface area contributed by atoms with Gasteiger partial charge in [-0.2, -0.15) is 0 Å². The van der Waals surface area contributed by atoms with Crippen molar-refractivity contribution in [2.75, 3.05) is 13.2 Å². The smallest absolute Gasteiger partial charge is 0.165 e. The second-order valence-electron chi connectivity index (χ2n) is 3.11. The Hall–Kier alpha value is -1.06. The van der Waals surface area contributed by atoms with Crippen molar-refractivity contribution >= 4 is 11.6 Å². The molecule has 0 saturated heterocycles. The van der Waals surface area contributed by atoms with Crippen LogP contribution in [0.15, 0.2) is 29.8 Å². The first-order chi connectivity index (χ1) is 7.13. The van der Waals surface area contributed by atoms with E-state index < -0.39 is 5.82 Å². The fraction of sp³-hybridized carbons (Fsp3) is 0.273. The van der Waals surface area contributed by atoms with E-state index in [1.807, 2.05) is 0 Å². The maximum atomic E-state index is 13.4. The summed E-state index contributed by atoms with van der Waals surface area (Å²) in [5, 5.41) is 0.334. The van der Waals surface area contributed by atoms with E-state index in [0.29, 0.717) is 18.0 Å². The molecule has 0 radical (unpaired) electrons. The molecule has 2 N–H and O–H groups in total. The Balaban J connectivity index is 2.70. The van der Waals surface area contributed by atoms with Crippen LogP contribution < -0.4 is 10.5 Å². The molecule has 82 valence electrons. The molecular formula is C11H13ClFNO. The molecule has 1 aromatic carbocycles. The molecule has 2 nitrogen and oxygen atoms in total. The Bertz CT molecular complexity index is 354. The Labute approximate surface area is 93.5 Å². The van der Waals surface area contributed by atoms with Gasteiger partial charge < -0.3 is 10.5 Å². The van der Waals surface area contributed by atoms with E-state index in [2.05, 4.69) is 6.58 Å². The van der Waals surface area contributed by atoms with Gasteiger partial charge in [0.05, 0.1) is 0 Å². The van der Waals surface area contributed by atoms with Gasteiger partial charge in [-0.15, -0.1) is 0 Å². The van der Waals surface area contributed by atoms with E-state index in [1.165, 1.54) is 6.07 Å². The van der Waals surface area contributed by atoms with Crippen LogP contribution in [-0.2, 0) is 6.42 Å². The lowest BCUT2D eigenvalue weighted by molar-refractivity contribution is 0.338. The van der Waals surface area contributed by atoms with Crippen LogP contribution in [0.25, 0.3) is 0 Å². The highest BCUT2D eigenvalue weighted by Crippen LogP contribution is 2.19. The Morgan fingerprint density at radius 2 is 2.27 bits per heavy atom. The van der Waals surface area contributed by atoms with Crippen LogP contribution in [0, 0.1) is 5.82 Å². The van der Waals surface area contributed by atoms with Crippen LogP contribution >= 0.6 is 11.6 Å². The summed E-state index contributed by atoms with van der Waals surface area (Å²) >= 11 is 5.50. The molecule has 0 saturated carbocycles. The summed E-state index contributed by atoms with van der Waals surface area (Å²) in [6.45, 7) is 4.05. The van der Waals surface area contributed by atoms with Gasteiger partial charge in [-0.1, -0.05) is 24.2 Å². The minimum atomic E-state index is -0.404. The fourth-order valence-electron chi connectivity index (χ4n) is 1.14. The second-order valence-corrected chi connectivity index (χ2v) is 3.64. The number of halogens is 2. The average molecular weight is 230 g/mol. The summed E-state index contributed by atoms with van der Waals surface area (Å²) in [6.07, 6.45) is 0.652. The minimum Gasteiger partial charge on any atom is -0.485 e. The van der Waals surface area contributed by atoms with Crippen LogP contribution in [0.4, 0.5) is 4.39 Å². The standard InChI is InChI=1S/C11H13ClFNO/c1-8(12)7-15-11-3-2-9(4-5-14)6-10(11)13/h2-3,6H,1,4-5,7,14H2. The van der Waals surface area contributed by atoms with Gasteiger partial charge in [0.25, 0.3) is 0 Å². The molecule has 0 unspecified atom stereocenters. The first kappa shape index (κ1) is 12.0. The number of hydrogen-bond acceptors (Lipinski definition) is 2. The van der Waals surface area contributed by atoms with E-state index in [9.17, 15) is 4.39 Å². The third-order valence-corrected chi connectivity index (χ3v) is 1.92. The van der Waals surface area contributed by atoms with Crippen molar-refractivity contribution in [3.8, 4) is 5.75 Å². The van der Waals surface area contributed by atoms with Crippen LogP contribution in [0.2, 0.25) is 0 Å². The number of hydrogen-bond donors (Lipinski definition) is 1. The molecule has 0 aromatic heterocycles. The molecule has 1 rings (SSSR count). The van der Waals surface area contributed by atoms with Crippen molar-refractivity contribution in [2.24, 2.45) is 5.73 Å². The summed E-state index contributed by atoms with van der Waals surface area (Å²) in [7, 11) is 0. The summed E-state index contributed by atoms with van der Waals surface area (Å²) in [6, 6.07) is 4.77. The van der Waals surface area contributed by atoms with Crippen LogP contribution in [0.5, 0.6) is 5.75 Å². The summed E-state index contributed by atoms with van der Waals surface area (Å²) in [5.41, 5.74) is 6.22. The van der Waals surface area contributed by atoms with Crippen molar-refractivity contribution in [3.05, 3.63) is 41.2 Å². The van der Waals surface area contributed by atoms with Gasteiger partial charge in [0.15, 0.2) is 11.6 Å². The Morgan fingerprint density at radius 3 is 2.80 bits per heavy atom. The number of benzene rings is 1. The van der Waals surface area contributed by atoms with Crippen LogP contribution in [0.1, 0.15) is 5.56 Å². The molecule has 4 heteroatoms. The van der Waals surface area contributed by atoms with Crippen molar-refractivity contribution in [3.63, 3.8) is 0 Å². The molecule has 0 amide bonds. The van der Waals surface area contributed by atoms with Gasteiger partial charge in [-0.3, -0.25) is 0 Å². The molecule has 0 spiro atoms. The predicted molar refractivity (Wildman–Crippen MR) is 59.6 cm³/mol. The molecule has 0 fully saturated rings. The topological polar surface area (TPSA) is 35.2 Å². The zero-order valence-corrected chi connectivity index (χ0v) is 9.06. The van der Waals surface area contributed by atoms with Crippen LogP contribution in [-0.4, -0.2) is 13.2 Å². The predicted octanol–water partition coefficient (Wildman–Crippen LogP) is 2.46. The van der Waals surface area contributed by atoms with Gasteiger partial charge in [0.2, 0.25) is 0 Å². The highest BCUT2D eigenvalue weighted by molar-refractivity contribution is 6.29. The maximum absolute atomic E-state index is 13.4. The highest BCUT2D eigenvalue weighted by atomic mass is 35.5. The first-order valence-corrected chi connectivity index (χ1v) is 4.96. The normalized spacial score (nSPS) is 10.1. The first-order valence-electron chi connectivity index (χ1n) is 4.58. The lowest BCUT2D eigenvalue weighted by atomic mass is 10.1. The third kappa shape index (κ3) is 3.90. The van der Waals surface area contributed by atoms with Gasteiger partial charge in [-0.05, 0) is 30.7 Å². The van der Waals surface area contributed by atoms with E-state index >= 15 is 0 Å². The molecule has 0 heterocycles. The zero-order chi connectivity index (χ0) is 11.3. The second kappa shape index (κ2) is 5.73. The van der Waals surface area contributed by atoms with Gasteiger partial charge in [0.1, 0.15) is 6.61 Å². The van der Waals surface area contributed by atoms with Crippen molar-refractivity contribution in [1.82, 2.24) is 0 Å². The summed E-state index contributed by atoms with van der Waals surface area (Å²) < 4.78 is 18.5. The zero-order valence-electron chi connectivity index (χ0n) is 8.30. The van der Waals surface area contributed by atoms with Gasteiger partial charge in [-0.25, -0.2) is 4.39 Å². The van der Waals surface area contributed by atoms with Crippen molar-refractivity contribution < 1.29 is 9.13 Å². The monoisotopic (exact) mass is 229 g/mol.